The van der Waals surface area contributed by atoms with Crippen LogP contribution in [0.25, 0.3) is 0 Å². The standard InChI is InChI=1S/C49H72O21/c1-19-16-62-49(43(59)35(19)56)20(2)34-32(70-49)15-29-27-10-9-25-13-26(53)14-33(48(25,8)28(27)11-12-47(29,34)7)67-45-41(39(31(55)18-61-45)68-44-37(58)36(57)30(54)17-60-44)69-46-42(66-24(6)52)40(65-23(5)51)38(21(3)63-46)64-22(4)50/h9,20-21,26-46,53-59H,1,10-18H2,2-8H3. The lowest BCUT2D eigenvalue weighted by Crippen LogP contribution is -2.66. The molecular weight excluding hydrogens is 925 g/mol. The second-order valence-electron chi connectivity index (χ2n) is 21.8. The Kier molecular flexibility index (Phi) is 14.6. The summed E-state index contributed by atoms with van der Waals surface area (Å²) in [5.41, 5.74) is 0.544. The Morgan fingerprint density at radius 1 is 0.743 bits per heavy atom. The van der Waals surface area contributed by atoms with Gasteiger partial charge in [0.1, 0.15) is 48.8 Å². The van der Waals surface area contributed by atoms with Crippen LogP contribution in [0.2, 0.25) is 0 Å². The fourth-order valence-electron chi connectivity index (χ4n) is 14.5. The number of carbonyl (C=O) groups is 3. The molecule has 394 valence electrons. The first-order valence-electron chi connectivity index (χ1n) is 24.8. The van der Waals surface area contributed by atoms with E-state index in [4.69, 9.17) is 52.1 Å². The van der Waals surface area contributed by atoms with Gasteiger partial charge in [0.2, 0.25) is 5.79 Å². The molecule has 0 radical (unpaired) electrons. The molecule has 1 spiro atoms. The minimum Gasteiger partial charge on any atom is -0.456 e. The zero-order valence-corrected chi connectivity index (χ0v) is 40.8. The molecule has 0 aromatic heterocycles. The van der Waals surface area contributed by atoms with Gasteiger partial charge >= 0.3 is 17.9 Å². The molecule has 8 fully saturated rings. The van der Waals surface area contributed by atoms with Crippen LogP contribution in [0.3, 0.4) is 0 Å². The summed E-state index contributed by atoms with van der Waals surface area (Å²) < 4.78 is 68.1. The van der Waals surface area contributed by atoms with E-state index < -0.39 is 147 Å². The normalized spacial score (nSPS) is 52.1. The van der Waals surface area contributed by atoms with Crippen molar-refractivity contribution in [3.8, 4) is 0 Å². The van der Waals surface area contributed by atoms with Gasteiger partial charge in [0.15, 0.2) is 37.2 Å². The Balaban J connectivity index is 1.03. The van der Waals surface area contributed by atoms with E-state index in [2.05, 4.69) is 26.5 Å². The first-order chi connectivity index (χ1) is 33.0. The van der Waals surface area contributed by atoms with Gasteiger partial charge in [-0.05, 0) is 73.7 Å². The Bertz CT molecular complexity index is 2020. The van der Waals surface area contributed by atoms with Crippen molar-refractivity contribution in [3.63, 3.8) is 0 Å². The highest BCUT2D eigenvalue weighted by Gasteiger charge is 2.72. The Hall–Kier alpha value is -2.71. The maximum absolute atomic E-state index is 12.7. The molecule has 21 nitrogen and oxygen atoms in total. The molecule has 4 aliphatic carbocycles. The molecule has 5 aliphatic heterocycles. The summed E-state index contributed by atoms with van der Waals surface area (Å²) in [4.78, 5) is 37.6. The summed E-state index contributed by atoms with van der Waals surface area (Å²) in [7, 11) is 0. The van der Waals surface area contributed by atoms with Crippen LogP contribution in [0.15, 0.2) is 23.8 Å². The molecule has 3 saturated carbocycles. The maximum atomic E-state index is 12.7. The van der Waals surface area contributed by atoms with E-state index in [-0.39, 0.29) is 54.1 Å². The minimum atomic E-state index is -1.78. The zero-order valence-electron chi connectivity index (χ0n) is 40.8. The van der Waals surface area contributed by atoms with Crippen LogP contribution < -0.4 is 0 Å². The second-order valence-corrected chi connectivity index (χ2v) is 21.8. The maximum Gasteiger partial charge on any atom is 0.303 e. The number of carbonyl (C=O) groups excluding carboxylic acids is 3. The number of aliphatic hydroxyl groups is 7. The van der Waals surface area contributed by atoms with Gasteiger partial charge in [0, 0.05) is 38.5 Å². The lowest BCUT2D eigenvalue weighted by atomic mass is 9.46. The van der Waals surface area contributed by atoms with Gasteiger partial charge in [-0.15, -0.1) is 0 Å². The van der Waals surface area contributed by atoms with Gasteiger partial charge in [-0.2, -0.15) is 0 Å². The minimum absolute atomic E-state index is 0.0308. The molecule has 5 saturated heterocycles. The van der Waals surface area contributed by atoms with Gasteiger partial charge in [-0.3, -0.25) is 14.4 Å². The summed E-state index contributed by atoms with van der Waals surface area (Å²) in [6.45, 7) is 14.6. The van der Waals surface area contributed by atoms with Crippen molar-refractivity contribution >= 4 is 17.9 Å². The second kappa shape index (κ2) is 19.5. The number of esters is 3. The van der Waals surface area contributed by atoms with Crippen molar-refractivity contribution in [1.82, 2.24) is 0 Å². The summed E-state index contributed by atoms with van der Waals surface area (Å²) in [6.07, 6.45) is -17.8. The van der Waals surface area contributed by atoms with Crippen LogP contribution in [0, 0.1) is 40.4 Å². The molecule has 70 heavy (non-hydrogen) atoms. The average Bonchev–Trinajstić information content (AvgIpc) is 3.75. The number of hydrogen-bond acceptors (Lipinski definition) is 21. The fraction of sp³-hybridized carbons (Fsp3) is 0.857. The molecule has 5 heterocycles. The van der Waals surface area contributed by atoms with Crippen molar-refractivity contribution in [3.05, 3.63) is 23.8 Å². The van der Waals surface area contributed by atoms with Crippen molar-refractivity contribution in [2.45, 2.75) is 203 Å². The summed E-state index contributed by atoms with van der Waals surface area (Å²) in [5, 5.41) is 77.4. The number of ether oxygens (including phenoxy) is 11. The van der Waals surface area contributed by atoms with Crippen LogP contribution in [-0.2, 0) is 66.5 Å². The van der Waals surface area contributed by atoms with Crippen molar-refractivity contribution in [1.29, 1.82) is 0 Å². The number of fused-ring (bicyclic) bond motifs is 7. The Morgan fingerprint density at radius 2 is 1.39 bits per heavy atom. The number of hydrogen-bond donors (Lipinski definition) is 7. The van der Waals surface area contributed by atoms with Crippen LogP contribution in [0.5, 0.6) is 0 Å². The van der Waals surface area contributed by atoms with Crippen LogP contribution in [-0.4, -0.2) is 190 Å². The highest BCUT2D eigenvalue weighted by Crippen LogP contribution is 2.71. The summed E-state index contributed by atoms with van der Waals surface area (Å²) in [6, 6.07) is 0. The predicted molar refractivity (Wildman–Crippen MR) is 235 cm³/mol. The van der Waals surface area contributed by atoms with E-state index in [0.717, 1.165) is 45.6 Å². The van der Waals surface area contributed by atoms with E-state index in [0.29, 0.717) is 18.4 Å². The summed E-state index contributed by atoms with van der Waals surface area (Å²) in [5.74, 6) is -3.53. The smallest absolute Gasteiger partial charge is 0.303 e. The van der Waals surface area contributed by atoms with Crippen LogP contribution in [0.4, 0.5) is 0 Å². The third-order valence-electron chi connectivity index (χ3n) is 17.7. The van der Waals surface area contributed by atoms with Crippen LogP contribution in [0.1, 0.15) is 87.0 Å². The molecule has 0 aromatic carbocycles. The number of aliphatic hydroxyl groups excluding tert-OH is 7. The monoisotopic (exact) mass is 996 g/mol. The zero-order chi connectivity index (χ0) is 50.5. The molecule has 9 rings (SSSR count). The lowest BCUT2D eigenvalue weighted by Gasteiger charge is -2.60. The highest BCUT2D eigenvalue weighted by atomic mass is 16.8. The molecule has 21 heteroatoms. The topological polar surface area (TPSA) is 294 Å². The van der Waals surface area contributed by atoms with Crippen LogP contribution >= 0.6 is 0 Å². The molecule has 0 aromatic rings. The third kappa shape index (κ3) is 8.78. The highest BCUT2D eigenvalue weighted by molar-refractivity contribution is 5.68. The van der Waals surface area contributed by atoms with Crippen molar-refractivity contribution < 1.29 is 102 Å². The first-order valence-corrected chi connectivity index (χ1v) is 24.8. The molecule has 26 unspecified atom stereocenters. The van der Waals surface area contributed by atoms with Gasteiger partial charge in [0.05, 0.1) is 44.2 Å². The molecule has 7 N–H and O–H groups in total. The van der Waals surface area contributed by atoms with Gasteiger partial charge in [-0.1, -0.05) is 39.0 Å². The average molecular weight is 997 g/mol. The quantitative estimate of drug-likeness (QED) is 0.0912. The van der Waals surface area contributed by atoms with Gasteiger partial charge in [0.25, 0.3) is 0 Å². The Morgan fingerprint density at radius 3 is 2.09 bits per heavy atom. The predicted octanol–water partition coefficient (Wildman–Crippen LogP) is 0.0372. The van der Waals surface area contributed by atoms with E-state index >= 15 is 0 Å². The van der Waals surface area contributed by atoms with Crippen molar-refractivity contribution in [2.75, 3.05) is 19.8 Å². The molecule has 9 aliphatic rings. The Labute approximate surface area is 406 Å². The molecular formula is C49H72O21. The van der Waals surface area contributed by atoms with E-state index in [9.17, 15) is 50.1 Å². The molecule has 0 bridgehead atoms. The lowest BCUT2D eigenvalue weighted by molar-refractivity contribution is -0.382. The molecule has 26 atom stereocenters. The van der Waals surface area contributed by atoms with Gasteiger partial charge < -0.3 is 87.9 Å². The SMILES string of the molecule is C=C1COC2(OC3CC4C5CC=C6CC(O)CC(OC7OCC(O)C(OC8OCC(O)C(O)C8O)C7OC7OC(C)C(OC(C)=O)C(OC(C)=O)C7OC(C)=O)C6(C)C5CCC4(C)C3C2C)C(O)C1O. The summed E-state index contributed by atoms with van der Waals surface area (Å²) >= 11 is 0. The third-order valence-corrected chi connectivity index (χ3v) is 17.7. The first kappa shape index (κ1) is 52.2. The fourth-order valence-corrected chi connectivity index (χ4v) is 14.5. The van der Waals surface area contributed by atoms with Crippen molar-refractivity contribution in [2.24, 2.45) is 40.4 Å². The van der Waals surface area contributed by atoms with E-state index in [1.807, 2.05) is 6.92 Å². The number of allylic oxidation sites excluding steroid dienone is 1. The largest absolute Gasteiger partial charge is 0.456 e. The van der Waals surface area contributed by atoms with Gasteiger partial charge in [-0.25, -0.2) is 0 Å². The van der Waals surface area contributed by atoms with E-state index in [1.165, 1.54) is 6.92 Å². The van der Waals surface area contributed by atoms with E-state index in [1.54, 1.807) is 0 Å². The number of rotatable bonds is 9. The molecule has 0 amide bonds.